The number of aromatic amines is 1. The van der Waals surface area contributed by atoms with Crippen LogP contribution in [-0.4, -0.2) is 28.0 Å². The van der Waals surface area contributed by atoms with Gasteiger partial charge in [0, 0.05) is 17.7 Å². The van der Waals surface area contributed by atoms with E-state index in [1.807, 2.05) is 13.8 Å². The van der Waals surface area contributed by atoms with Gasteiger partial charge in [0.2, 0.25) is 0 Å². The van der Waals surface area contributed by atoms with E-state index in [4.69, 9.17) is 0 Å². The Balaban J connectivity index is 1.90. The van der Waals surface area contributed by atoms with Crippen molar-refractivity contribution in [3.63, 3.8) is 0 Å². The maximum atomic E-state index is 13.0. The Morgan fingerprint density at radius 1 is 1.29 bits per heavy atom. The van der Waals surface area contributed by atoms with Gasteiger partial charge < -0.3 is 10.4 Å². The summed E-state index contributed by atoms with van der Waals surface area (Å²) in [6, 6.07) is 6.34. The molecule has 21 heavy (non-hydrogen) atoms. The third-order valence-corrected chi connectivity index (χ3v) is 3.55. The van der Waals surface area contributed by atoms with Crippen LogP contribution in [0, 0.1) is 11.7 Å². The largest absolute Gasteiger partial charge is 0.393 e. The second-order valence-electron chi connectivity index (χ2n) is 5.55. The number of nitrogens with zero attached hydrogens (tertiary/aromatic N) is 1. The number of hydrogen-bond acceptors (Lipinski definition) is 3. The van der Waals surface area contributed by atoms with Gasteiger partial charge in [0.25, 0.3) is 0 Å². The monoisotopic (exact) mass is 291 g/mol. The van der Waals surface area contributed by atoms with E-state index in [1.165, 1.54) is 12.1 Å². The summed E-state index contributed by atoms with van der Waals surface area (Å²) in [5.74, 6) is 0.0242. The molecule has 4 nitrogen and oxygen atoms in total. The Kier molecular flexibility index (Phi) is 5.47. The molecule has 0 aliphatic heterocycles. The number of aliphatic hydroxyl groups is 1. The zero-order chi connectivity index (χ0) is 15.2. The lowest BCUT2D eigenvalue weighted by molar-refractivity contribution is 0.116. The first kappa shape index (κ1) is 15.7. The highest BCUT2D eigenvalue weighted by molar-refractivity contribution is 5.62. The molecule has 0 amide bonds. The fraction of sp³-hybridized carbons (Fsp3) is 0.438. The fourth-order valence-electron chi connectivity index (χ4n) is 2.12. The summed E-state index contributed by atoms with van der Waals surface area (Å²) in [6.07, 6.45) is 2.21. The first-order valence-electron chi connectivity index (χ1n) is 7.25. The zero-order valence-corrected chi connectivity index (χ0v) is 12.4. The van der Waals surface area contributed by atoms with Crippen LogP contribution in [0.25, 0.3) is 11.3 Å². The number of aliphatic hydroxyl groups excluding tert-OH is 1. The van der Waals surface area contributed by atoms with Gasteiger partial charge in [0.05, 0.1) is 18.0 Å². The first-order chi connectivity index (χ1) is 10.1. The van der Waals surface area contributed by atoms with Crippen molar-refractivity contribution in [2.75, 3.05) is 6.54 Å². The Morgan fingerprint density at radius 2 is 2.00 bits per heavy atom. The molecule has 114 valence electrons. The fourth-order valence-corrected chi connectivity index (χ4v) is 2.12. The molecule has 1 atom stereocenters. The molecule has 0 saturated heterocycles. The molecule has 3 N–H and O–H groups in total. The van der Waals surface area contributed by atoms with Gasteiger partial charge in [0.15, 0.2) is 0 Å². The first-order valence-corrected chi connectivity index (χ1v) is 7.25. The van der Waals surface area contributed by atoms with Gasteiger partial charge in [-0.15, -0.1) is 0 Å². The molecule has 0 spiro atoms. The molecule has 2 aromatic rings. The third kappa shape index (κ3) is 4.37. The van der Waals surface area contributed by atoms with Crippen molar-refractivity contribution < 1.29 is 9.50 Å². The Morgan fingerprint density at radius 3 is 2.67 bits per heavy atom. The van der Waals surface area contributed by atoms with Crippen LogP contribution in [0.2, 0.25) is 0 Å². The van der Waals surface area contributed by atoms with Crippen molar-refractivity contribution in [3.05, 3.63) is 41.8 Å². The van der Waals surface area contributed by atoms with Gasteiger partial charge in [-0.3, -0.25) is 5.10 Å². The van der Waals surface area contributed by atoms with Gasteiger partial charge in [-0.25, -0.2) is 4.39 Å². The number of aromatic nitrogens is 2. The van der Waals surface area contributed by atoms with Crippen molar-refractivity contribution in [2.45, 2.75) is 32.9 Å². The number of benzene rings is 1. The molecule has 0 aliphatic carbocycles. The lowest BCUT2D eigenvalue weighted by Crippen LogP contribution is -2.23. The van der Waals surface area contributed by atoms with Gasteiger partial charge in [-0.05, 0) is 43.1 Å². The Labute approximate surface area is 124 Å². The normalized spacial score (nSPS) is 12.8. The average molecular weight is 291 g/mol. The van der Waals surface area contributed by atoms with Crippen molar-refractivity contribution in [1.82, 2.24) is 15.5 Å². The highest BCUT2D eigenvalue weighted by atomic mass is 19.1. The molecule has 5 heteroatoms. The number of H-pyrrole nitrogens is 1. The van der Waals surface area contributed by atoms with Crippen LogP contribution in [0.5, 0.6) is 0 Å². The SMILES string of the molecule is CC(C)C(O)CCNCc1cn[nH]c1-c1ccc(F)cc1. The summed E-state index contributed by atoms with van der Waals surface area (Å²) < 4.78 is 13.0. The molecule has 0 saturated carbocycles. The molecule has 0 aliphatic rings. The summed E-state index contributed by atoms with van der Waals surface area (Å²) in [6.45, 7) is 5.42. The smallest absolute Gasteiger partial charge is 0.123 e. The van der Waals surface area contributed by atoms with Crippen LogP contribution in [0.15, 0.2) is 30.5 Å². The standard InChI is InChI=1S/C16H22FN3O/c1-11(2)15(21)7-8-18-9-13-10-19-20-16(13)12-3-5-14(17)6-4-12/h3-6,10-11,15,18,21H,7-9H2,1-2H3,(H,19,20). The van der Waals surface area contributed by atoms with Crippen LogP contribution in [0.4, 0.5) is 4.39 Å². The van der Waals surface area contributed by atoms with Crippen molar-refractivity contribution >= 4 is 0 Å². The molecule has 0 radical (unpaired) electrons. The second kappa shape index (κ2) is 7.33. The van der Waals surface area contributed by atoms with E-state index in [2.05, 4.69) is 15.5 Å². The highest BCUT2D eigenvalue weighted by Gasteiger charge is 2.10. The van der Waals surface area contributed by atoms with E-state index in [-0.39, 0.29) is 17.8 Å². The number of hydrogen-bond donors (Lipinski definition) is 3. The van der Waals surface area contributed by atoms with Gasteiger partial charge >= 0.3 is 0 Å². The highest BCUT2D eigenvalue weighted by Crippen LogP contribution is 2.21. The minimum atomic E-state index is -0.279. The van der Waals surface area contributed by atoms with Gasteiger partial charge in [0.1, 0.15) is 5.82 Å². The van der Waals surface area contributed by atoms with Crippen LogP contribution >= 0.6 is 0 Å². The van der Waals surface area contributed by atoms with Crippen LogP contribution in [-0.2, 0) is 6.54 Å². The number of rotatable bonds is 7. The molecule has 1 heterocycles. The molecular formula is C16H22FN3O. The molecule has 1 aromatic heterocycles. The summed E-state index contributed by atoms with van der Waals surface area (Å²) >= 11 is 0. The van der Waals surface area contributed by atoms with Crippen LogP contribution < -0.4 is 5.32 Å². The molecule has 0 fully saturated rings. The minimum Gasteiger partial charge on any atom is -0.393 e. The minimum absolute atomic E-state index is 0.249. The molecule has 1 unspecified atom stereocenters. The van der Waals surface area contributed by atoms with Crippen LogP contribution in [0.3, 0.4) is 0 Å². The summed E-state index contributed by atoms with van der Waals surface area (Å²) in [4.78, 5) is 0. The van der Waals surface area contributed by atoms with Crippen LogP contribution in [0.1, 0.15) is 25.8 Å². The van der Waals surface area contributed by atoms with Gasteiger partial charge in [-0.1, -0.05) is 13.8 Å². The lowest BCUT2D eigenvalue weighted by atomic mass is 10.0. The van der Waals surface area contributed by atoms with E-state index in [0.29, 0.717) is 6.54 Å². The van der Waals surface area contributed by atoms with E-state index in [9.17, 15) is 9.50 Å². The van der Waals surface area contributed by atoms with E-state index < -0.39 is 0 Å². The molecule has 1 aromatic carbocycles. The van der Waals surface area contributed by atoms with Crippen molar-refractivity contribution in [2.24, 2.45) is 5.92 Å². The van der Waals surface area contributed by atoms with E-state index in [1.54, 1.807) is 18.3 Å². The summed E-state index contributed by atoms with van der Waals surface area (Å²) in [7, 11) is 0. The number of nitrogens with one attached hydrogen (secondary N) is 2. The average Bonchev–Trinajstić information content (AvgIpc) is 2.92. The Hall–Kier alpha value is -1.72. The maximum absolute atomic E-state index is 13.0. The summed E-state index contributed by atoms with van der Waals surface area (Å²) in [5.41, 5.74) is 2.83. The van der Waals surface area contributed by atoms with E-state index >= 15 is 0 Å². The quantitative estimate of drug-likeness (QED) is 0.687. The van der Waals surface area contributed by atoms with Gasteiger partial charge in [-0.2, -0.15) is 5.10 Å². The third-order valence-electron chi connectivity index (χ3n) is 3.55. The van der Waals surface area contributed by atoms with Crippen molar-refractivity contribution in [1.29, 1.82) is 0 Å². The zero-order valence-electron chi connectivity index (χ0n) is 12.4. The van der Waals surface area contributed by atoms with Crippen molar-refractivity contribution in [3.8, 4) is 11.3 Å². The van der Waals surface area contributed by atoms with E-state index in [0.717, 1.165) is 29.8 Å². The second-order valence-corrected chi connectivity index (χ2v) is 5.55. The maximum Gasteiger partial charge on any atom is 0.123 e. The number of halogens is 1. The topological polar surface area (TPSA) is 60.9 Å². The Bertz CT molecular complexity index is 551. The molecular weight excluding hydrogens is 269 g/mol. The predicted octanol–water partition coefficient (Wildman–Crippen LogP) is 2.71. The summed E-state index contributed by atoms with van der Waals surface area (Å²) in [5, 5.41) is 20.1. The molecule has 0 bridgehead atoms. The lowest BCUT2D eigenvalue weighted by Gasteiger charge is -2.14. The molecule has 2 rings (SSSR count). The predicted molar refractivity (Wildman–Crippen MR) is 81.2 cm³/mol.